The molecule has 1 aromatic heterocycles. The minimum absolute atomic E-state index is 0.164. The molecule has 3 rings (SSSR count). The van der Waals surface area contributed by atoms with Gasteiger partial charge in [0.15, 0.2) is 0 Å². The second-order valence-corrected chi connectivity index (χ2v) is 12.1. The number of hydrogen-bond donors (Lipinski definition) is 1. The van der Waals surface area contributed by atoms with E-state index in [9.17, 15) is 5.11 Å². The summed E-state index contributed by atoms with van der Waals surface area (Å²) in [6, 6.07) is 18.4. The van der Waals surface area contributed by atoms with Crippen molar-refractivity contribution in [1.82, 2.24) is 4.98 Å². The van der Waals surface area contributed by atoms with Crippen molar-refractivity contribution >= 4 is 23.5 Å². The van der Waals surface area contributed by atoms with E-state index in [1.54, 1.807) is 36.8 Å². The third-order valence-corrected chi connectivity index (χ3v) is 8.65. The van der Waals surface area contributed by atoms with Crippen molar-refractivity contribution in [3.05, 3.63) is 83.0 Å². The summed E-state index contributed by atoms with van der Waals surface area (Å²) < 4.78 is 5.15. The van der Waals surface area contributed by atoms with Gasteiger partial charge in [0.25, 0.3) is 0 Å². The van der Waals surface area contributed by atoms with E-state index in [4.69, 9.17) is 4.74 Å². The second kappa shape index (κ2) is 12.1. The molecule has 0 bridgehead atoms. The summed E-state index contributed by atoms with van der Waals surface area (Å²) in [5, 5.41) is 12.5. The largest absolute Gasteiger partial charge is 0.497 e. The summed E-state index contributed by atoms with van der Waals surface area (Å²) in [5.41, 5.74) is 4.96. The van der Waals surface area contributed by atoms with Crippen LogP contribution in [0.15, 0.2) is 70.7 Å². The van der Waals surface area contributed by atoms with Crippen LogP contribution in [-0.4, -0.2) is 21.8 Å². The number of methoxy groups -OCH3 is 1. The molecule has 0 fully saturated rings. The van der Waals surface area contributed by atoms with E-state index in [0.29, 0.717) is 17.8 Å². The van der Waals surface area contributed by atoms with Gasteiger partial charge in [-0.25, -0.2) is 4.98 Å². The highest BCUT2D eigenvalue weighted by atomic mass is 32.2. The Kier molecular flexibility index (Phi) is 9.52. The van der Waals surface area contributed by atoms with Crippen LogP contribution < -0.4 is 4.74 Å². The maximum Gasteiger partial charge on any atom is 0.118 e. The summed E-state index contributed by atoms with van der Waals surface area (Å²) in [4.78, 5) is 5.82. The van der Waals surface area contributed by atoms with Gasteiger partial charge >= 0.3 is 0 Å². The van der Waals surface area contributed by atoms with Crippen molar-refractivity contribution in [3.8, 4) is 5.75 Å². The van der Waals surface area contributed by atoms with Gasteiger partial charge in [0.1, 0.15) is 11.9 Å². The zero-order chi connectivity index (χ0) is 24.8. The van der Waals surface area contributed by atoms with Gasteiger partial charge in [0.2, 0.25) is 0 Å². The van der Waals surface area contributed by atoms with Crippen molar-refractivity contribution in [2.24, 2.45) is 0 Å². The molecule has 0 unspecified atom stereocenters. The van der Waals surface area contributed by atoms with Gasteiger partial charge in [0, 0.05) is 11.1 Å². The standard InChI is InChI=1S/C29H37NO2S2/c1-18(2)22-16-24(19(3)4)28(25(17-22)20(5)6)34-29(33-26-10-8-9-15-30-26)27(31)21-11-13-23(32-7)14-12-21/h8-20,27,29,31H,1-7H3/t27-,29+/m0/s1. The van der Waals surface area contributed by atoms with Crippen molar-refractivity contribution in [3.63, 3.8) is 0 Å². The van der Waals surface area contributed by atoms with Crippen molar-refractivity contribution in [1.29, 1.82) is 0 Å². The fourth-order valence-electron chi connectivity index (χ4n) is 3.79. The highest BCUT2D eigenvalue weighted by Crippen LogP contribution is 2.47. The van der Waals surface area contributed by atoms with Gasteiger partial charge < -0.3 is 9.84 Å². The van der Waals surface area contributed by atoms with E-state index in [0.717, 1.165) is 16.3 Å². The first-order valence-corrected chi connectivity index (χ1v) is 13.7. The molecule has 1 N–H and O–H groups in total. The van der Waals surface area contributed by atoms with E-state index < -0.39 is 6.10 Å². The lowest BCUT2D eigenvalue weighted by atomic mass is 9.89. The average Bonchev–Trinajstić information content (AvgIpc) is 2.83. The molecule has 34 heavy (non-hydrogen) atoms. The Labute approximate surface area is 213 Å². The number of thioether (sulfide) groups is 2. The Morgan fingerprint density at radius 3 is 1.85 bits per heavy atom. The monoisotopic (exact) mass is 495 g/mol. The van der Waals surface area contributed by atoms with E-state index in [2.05, 4.69) is 58.7 Å². The molecule has 0 saturated carbocycles. The average molecular weight is 496 g/mol. The molecule has 0 saturated heterocycles. The number of rotatable bonds is 10. The summed E-state index contributed by atoms with van der Waals surface area (Å²) in [6.45, 7) is 13.5. The summed E-state index contributed by atoms with van der Waals surface area (Å²) in [7, 11) is 1.66. The van der Waals surface area contributed by atoms with Crippen LogP contribution in [0.3, 0.4) is 0 Å². The van der Waals surface area contributed by atoms with Crippen LogP contribution in [0.4, 0.5) is 0 Å². The molecular weight excluding hydrogens is 458 g/mol. The van der Waals surface area contributed by atoms with E-state index in [1.165, 1.54) is 21.6 Å². The number of ether oxygens (including phenoxy) is 1. The number of hydrogen-bond acceptors (Lipinski definition) is 5. The first kappa shape index (κ1) is 26.7. The highest BCUT2D eigenvalue weighted by molar-refractivity contribution is 8.17. The Bertz CT molecular complexity index is 1020. The minimum Gasteiger partial charge on any atom is -0.497 e. The number of benzene rings is 2. The Morgan fingerprint density at radius 1 is 0.765 bits per heavy atom. The molecule has 2 atom stereocenters. The van der Waals surface area contributed by atoms with Gasteiger partial charge in [-0.3, -0.25) is 0 Å². The van der Waals surface area contributed by atoms with Crippen LogP contribution in [0.2, 0.25) is 0 Å². The lowest BCUT2D eigenvalue weighted by Gasteiger charge is -2.27. The maximum atomic E-state index is 11.6. The Morgan fingerprint density at radius 2 is 1.38 bits per heavy atom. The summed E-state index contributed by atoms with van der Waals surface area (Å²) in [5.74, 6) is 2.03. The lowest BCUT2D eigenvalue weighted by molar-refractivity contribution is 0.196. The van der Waals surface area contributed by atoms with Crippen LogP contribution in [0.5, 0.6) is 5.75 Å². The molecule has 0 amide bonds. The van der Waals surface area contributed by atoms with Gasteiger partial charge in [-0.1, -0.05) is 83.6 Å². The van der Waals surface area contributed by atoms with Crippen LogP contribution in [0.25, 0.3) is 0 Å². The Hall–Kier alpha value is -1.95. The third kappa shape index (κ3) is 6.59. The number of aliphatic hydroxyl groups is 1. The van der Waals surface area contributed by atoms with Gasteiger partial charge in [0.05, 0.1) is 16.7 Å². The van der Waals surface area contributed by atoms with E-state index in [-0.39, 0.29) is 4.58 Å². The lowest BCUT2D eigenvalue weighted by Crippen LogP contribution is -2.14. The molecule has 0 spiro atoms. The molecule has 5 heteroatoms. The van der Waals surface area contributed by atoms with Crippen LogP contribution in [0.1, 0.15) is 87.7 Å². The number of aromatic nitrogens is 1. The maximum absolute atomic E-state index is 11.6. The van der Waals surface area contributed by atoms with E-state index >= 15 is 0 Å². The smallest absolute Gasteiger partial charge is 0.118 e. The van der Waals surface area contributed by atoms with E-state index in [1.807, 2.05) is 42.5 Å². The van der Waals surface area contributed by atoms with Crippen molar-refractivity contribution in [2.45, 2.75) is 79.9 Å². The molecule has 182 valence electrons. The fraction of sp³-hybridized carbons (Fsp3) is 0.414. The third-order valence-electron chi connectivity index (χ3n) is 5.90. The normalized spacial score (nSPS) is 13.5. The minimum atomic E-state index is -0.673. The molecular formula is C29H37NO2S2. The predicted octanol–water partition coefficient (Wildman–Crippen LogP) is 8.40. The molecule has 0 radical (unpaired) electrons. The van der Waals surface area contributed by atoms with Crippen molar-refractivity contribution in [2.75, 3.05) is 7.11 Å². The zero-order valence-electron chi connectivity index (χ0n) is 21.3. The number of pyridine rings is 1. The summed E-state index contributed by atoms with van der Waals surface area (Å²) in [6.07, 6.45) is 1.13. The van der Waals surface area contributed by atoms with Gasteiger partial charge in [-0.15, -0.1) is 11.8 Å². The molecule has 3 aromatic rings. The Balaban J connectivity index is 2.07. The topological polar surface area (TPSA) is 42.4 Å². The van der Waals surface area contributed by atoms with Crippen molar-refractivity contribution < 1.29 is 9.84 Å². The number of aliphatic hydroxyl groups excluding tert-OH is 1. The first-order valence-electron chi connectivity index (χ1n) is 11.9. The van der Waals surface area contributed by atoms with Gasteiger partial charge in [-0.2, -0.15) is 0 Å². The molecule has 2 aromatic carbocycles. The highest BCUT2D eigenvalue weighted by Gasteiger charge is 2.28. The quantitative estimate of drug-likeness (QED) is 0.226. The number of nitrogens with zero attached hydrogens (tertiary/aromatic N) is 1. The summed E-state index contributed by atoms with van der Waals surface area (Å²) >= 11 is 3.39. The second-order valence-electron chi connectivity index (χ2n) is 9.48. The van der Waals surface area contributed by atoms with Crippen LogP contribution >= 0.6 is 23.5 Å². The molecule has 0 aliphatic carbocycles. The SMILES string of the molecule is COc1ccc([C@H](O)[C@H](Sc2ccccn2)Sc2c(C(C)C)cc(C(C)C)cc2C(C)C)cc1. The van der Waals surface area contributed by atoms with Crippen LogP contribution in [0, 0.1) is 0 Å². The molecule has 1 heterocycles. The molecule has 3 nitrogen and oxygen atoms in total. The molecule has 0 aliphatic rings. The van der Waals surface area contributed by atoms with Crippen LogP contribution in [-0.2, 0) is 0 Å². The first-order chi connectivity index (χ1) is 16.2. The molecule has 0 aliphatic heterocycles. The fourth-order valence-corrected chi connectivity index (χ4v) is 6.75. The predicted molar refractivity (Wildman–Crippen MR) is 146 cm³/mol. The van der Waals surface area contributed by atoms with Gasteiger partial charge in [-0.05, 0) is 64.3 Å². The zero-order valence-corrected chi connectivity index (χ0v) is 22.9.